The highest BCUT2D eigenvalue weighted by atomic mass is 15.0. The molecule has 5 heteroatoms. The molecule has 0 aliphatic heterocycles. The molecule has 0 N–H and O–H groups in total. The van der Waals surface area contributed by atoms with Gasteiger partial charge in [-0.1, -0.05) is 146 Å². The van der Waals surface area contributed by atoms with E-state index in [0.717, 1.165) is 38.9 Å². The summed E-state index contributed by atoms with van der Waals surface area (Å²) < 4.78 is 0. The molecule has 6 aromatic carbocycles. The normalized spacial score (nSPS) is 13.0. The van der Waals surface area contributed by atoms with E-state index >= 15 is 0 Å². The third-order valence-corrected chi connectivity index (χ3v) is 11.3. The molecule has 0 fully saturated rings. The van der Waals surface area contributed by atoms with Gasteiger partial charge in [-0.3, -0.25) is 9.97 Å². The minimum atomic E-state index is -0.504. The van der Waals surface area contributed by atoms with E-state index in [4.69, 9.17) is 15.0 Å². The minimum absolute atomic E-state index is 0.504. The van der Waals surface area contributed by atoms with Crippen molar-refractivity contribution in [2.24, 2.45) is 0 Å². The van der Waals surface area contributed by atoms with Crippen LogP contribution in [0.25, 0.3) is 79.7 Å². The van der Waals surface area contributed by atoms with E-state index in [0.29, 0.717) is 17.5 Å². The zero-order chi connectivity index (χ0) is 37.8. The first-order chi connectivity index (χ1) is 28.2. The van der Waals surface area contributed by atoms with E-state index in [2.05, 4.69) is 162 Å². The summed E-state index contributed by atoms with van der Waals surface area (Å²) in [7, 11) is 0. The Hall–Kier alpha value is -7.63. The Morgan fingerprint density at radius 2 is 0.772 bits per heavy atom. The van der Waals surface area contributed by atoms with E-state index in [1.54, 1.807) is 12.4 Å². The molecule has 0 amide bonds. The van der Waals surface area contributed by atoms with E-state index in [-0.39, 0.29) is 0 Å². The second-order valence-corrected chi connectivity index (χ2v) is 14.5. The van der Waals surface area contributed by atoms with Crippen molar-refractivity contribution in [3.05, 3.63) is 222 Å². The second-order valence-electron chi connectivity index (χ2n) is 14.5. The van der Waals surface area contributed by atoms with Crippen LogP contribution in [0.4, 0.5) is 0 Å². The lowest BCUT2D eigenvalue weighted by Gasteiger charge is -2.35. The van der Waals surface area contributed by atoms with Crippen molar-refractivity contribution in [3.63, 3.8) is 0 Å². The van der Waals surface area contributed by atoms with Crippen molar-refractivity contribution in [2.75, 3.05) is 0 Å². The summed E-state index contributed by atoms with van der Waals surface area (Å²) >= 11 is 0. The predicted molar refractivity (Wildman–Crippen MR) is 229 cm³/mol. The molecule has 5 nitrogen and oxygen atoms in total. The molecule has 3 aromatic heterocycles. The quantitative estimate of drug-likeness (QED) is 0.177. The first-order valence-corrected chi connectivity index (χ1v) is 19.1. The molecule has 266 valence electrons. The average molecular weight is 728 g/mol. The van der Waals surface area contributed by atoms with E-state index in [1.807, 2.05) is 36.7 Å². The van der Waals surface area contributed by atoms with Gasteiger partial charge in [-0.2, -0.15) is 0 Å². The molecule has 0 radical (unpaired) electrons. The van der Waals surface area contributed by atoms with Crippen molar-refractivity contribution in [1.82, 2.24) is 24.9 Å². The van der Waals surface area contributed by atoms with Crippen LogP contribution in [0.5, 0.6) is 0 Å². The van der Waals surface area contributed by atoms with Crippen molar-refractivity contribution >= 4 is 12.2 Å². The first-order valence-electron chi connectivity index (χ1n) is 19.1. The van der Waals surface area contributed by atoms with Crippen LogP contribution in [-0.4, -0.2) is 24.9 Å². The molecule has 0 saturated heterocycles. The summed E-state index contributed by atoms with van der Waals surface area (Å²) in [4.78, 5) is 24.3. The first kappa shape index (κ1) is 32.8. The van der Waals surface area contributed by atoms with Gasteiger partial charge in [-0.25, -0.2) is 15.0 Å². The summed E-state index contributed by atoms with van der Waals surface area (Å²) in [5, 5.41) is 0. The Morgan fingerprint density at radius 3 is 1.32 bits per heavy atom. The maximum atomic E-state index is 5.23. The monoisotopic (exact) mass is 727 g/mol. The summed E-state index contributed by atoms with van der Waals surface area (Å²) in [6, 6.07) is 58.0. The van der Waals surface area contributed by atoms with Gasteiger partial charge in [0.25, 0.3) is 0 Å². The molecular formula is C52H33N5. The Morgan fingerprint density at radius 1 is 0.316 bits per heavy atom. The second kappa shape index (κ2) is 13.3. The smallest absolute Gasteiger partial charge is 0.164 e. The molecule has 3 heterocycles. The fraction of sp³-hybridized carbons (Fsp3) is 0.0192. The van der Waals surface area contributed by atoms with Gasteiger partial charge in [0.15, 0.2) is 17.5 Å². The van der Waals surface area contributed by atoms with Crippen molar-refractivity contribution in [1.29, 1.82) is 0 Å². The number of benzene rings is 6. The van der Waals surface area contributed by atoms with E-state index in [9.17, 15) is 0 Å². The van der Waals surface area contributed by atoms with Crippen molar-refractivity contribution in [2.45, 2.75) is 5.41 Å². The zero-order valence-corrected chi connectivity index (χ0v) is 30.8. The number of hydrogen-bond donors (Lipinski definition) is 0. The molecule has 0 bridgehead atoms. The summed E-state index contributed by atoms with van der Waals surface area (Å²) in [6.07, 6.45) is 11.9. The third-order valence-electron chi connectivity index (χ3n) is 11.3. The van der Waals surface area contributed by atoms with Gasteiger partial charge in [0, 0.05) is 52.6 Å². The molecular weight excluding hydrogens is 695 g/mol. The molecule has 9 aromatic rings. The fourth-order valence-corrected chi connectivity index (χ4v) is 8.80. The topological polar surface area (TPSA) is 64.5 Å². The van der Waals surface area contributed by atoms with Crippen molar-refractivity contribution in [3.8, 4) is 67.5 Å². The SMILES string of the molecule is C1=Cc2ccccc2C2(c3ccccc31)c1ccccc1-c1cc(-c3nc(-c4cccc(-c5cccnc5)c4)nc(-c4cccc(-c5cccnc5)c4)n3)ccc12. The van der Waals surface area contributed by atoms with Crippen molar-refractivity contribution < 1.29 is 0 Å². The molecule has 2 aliphatic carbocycles. The largest absolute Gasteiger partial charge is 0.264 e. The molecule has 57 heavy (non-hydrogen) atoms. The summed E-state index contributed by atoms with van der Waals surface area (Å²) in [5.74, 6) is 1.81. The van der Waals surface area contributed by atoms with Crippen LogP contribution < -0.4 is 0 Å². The lowest BCUT2D eigenvalue weighted by molar-refractivity contribution is 0.766. The van der Waals surface area contributed by atoms with Crippen LogP contribution in [0.3, 0.4) is 0 Å². The van der Waals surface area contributed by atoms with Crippen LogP contribution in [0.15, 0.2) is 189 Å². The number of nitrogens with zero attached hydrogens (tertiary/aromatic N) is 5. The Balaban J connectivity index is 1.13. The van der Waals surface area contributed by atoms with E-state index < -0.39 is 5.41 Å². The molecule has 1 spiro atoms. The third kappa shape index (κ3) is 5.35. The van der Waals surface area contributed by atoms with Gasteiger partial charge in [-0.05, 0) is 86.0 Å². The number of hydrogen-bond acceptors (Lipinski definition) is 5. The zero-order valence-electron chi connectivity index (χ0n) is 30.8. The van der Waals surface area contributed by atoms with E-state index in [1.165, 1.54) is 44.5 Å². The van der Waals surface area contributed by atoms with Gasteiger partial charge >= 0.3 is 0 Å². The Kier molecular flexibility index (Phi) is 7.64. The molecule has 0 unspecified atom stereocenters. The molecule has 2 aliphatic rings. The van der Waals surface area contributed by atoms with Crippen LogP contribution in [0, 0.1) is 0 Å². The summed E-state index contributed by atoms with van der Waals surface area (Å²) in [5.41, 5.74) is 16.3. The van der Waals surface area contributed by atoms with Gasteiger partial charge in [0.1, 0.15) is 0 Å². The van der Waals surface area contributed by atoms with Gasteiger partial charge < -0.3 is 0 Å². The van der Waals surface area contributed by atoms with Crippen LogP contribution >= 0.6 is 0 Å². The average Bonchev–Trinajstić information content (AvgIpc) is 3.49. The number of aromatic nitrogens is 5. The number of pyridine rings is 2. The van der Waals surface area contributed by atoms with Gasteiger partial charge in [0.05, 0.1) is 5.41 Å². The number of fused-ring (bicyclic) bond motifs is 9. The maximum Gasteiger partial charge on any atom is 0.164 e. The van der Waals surface area contributed by atoms with Crippen LogP contribution in [-0.2, 0) is 5.41 Å². The molecule has 0 atom stereocenters. The highest BCUT2D eigenvalue weighted by Gasteiger charge is 2.48. The highest BCUT2D eigenvalue weighted by molar-refractivity contribution is 5.92. The van der Waals surface area contributed by atoms with Gasteiger partial charge in [-0.15, -0.1) is 0 Å². The molecule has 11 rings (SSSR count). The molecule has 0 saturated carbocycles. The summed E-state index contributed by atoms with van der Waals surface area (Å²) in [6.45, 7) is 0. The number of rotatable bonds is 5. The van der Waals surface area contributed by atoms with Crippen LogP contribution in [0.1, 0.15) is 33.4 Å². The minimum Gasteiger partial charge on any atom is -0.264 e. The fourth-order valence-electron chi connectivity index (χ4n) is 8.80. The predicted octanol–water partition coefficient (Wildman–Crippen LogP) is 11.8. The lowest BCUT2D eigenvalue weighted by Crippen LogP contribution is -2.29. The Labute approximate surface area is 330 Å². The highest BCUT2D eigenvalue weighted by Crippen LogP contribution is 2.58. The van der Waals surface area contributed by atoms with Gasteiger partial charge in [0.2, 0.25) is 0 Å². The standard InChI is InChI=1S/C52H33N5/c1-4-20-45-34(11-1)23-24-35-12-2-5-21-46(35)52(45)47-22-6-3-19-43(47)44-31-40(25-26-48(44)52)51-56-49(38-15-7-13-36(29-38)41-17-9-27-53-32-41)55-50(57-51)39-16-8-14-37(30-39)42-18-10-28-54-33-42/h1-33H. The Bertz CT molecular complexity index is 2870. The van der Waals surface area contributed by atoms with Crippen LogP contribution in [0.2, 0.25) is 0 Å². The maximum absolute atomic E-state index is 5.23. The lowest BCUT2D eigenvalue weighted by atomic mass is 9.66.